The van der Waals surface area contributed by atoms with E-state index in [9.17, 15) is 14.9 Å². The van der Waals surface area contributed by atoms with Crippen molar-refractivity contribution in [2.75, 3.05) is 0 Å². The molecule has 4 rings (SSSR count). The number of nitro groups is 1. The van der Waals surface area contributed by atoms with E-state index < -0.39 is 4.92 Å². The van der Waals surface area contributed by atoms with E-state index in [-0.39, 0.29) is 16.9 Å². The maximum atomic E-state index is 13.0. The van der Waals surface area contributed by atoms with Crippen LogP contribution in [0.3, 0.4) is 0 Å². The zero-order valence-electron chi connectivity index (χ0n) is 15.2. The van der Waals surface area contributed by atoms with Crippen molar-refractivity contribution in [3.63, 3.8) is 0 Å². The fourth-order valence-corrected chi connectivity index (χ4v) is 3.76. The van der Waals surface area contributed by atoms with Crippen LogP contribution >= 0.6 is 0 Å². The van der Waals surface area contributed by atoms with E-state index in [2.05, 4.69) is 0 Å². The van der Waals surface area contributed by atoms with Crippen LogP contribution in [0.25, 0.3) is 16.9 Å². The highest BCUT2D eigenvalue weighted by molar-refractivity contribution is 6.05. The number of carbonyl (C=O) groups excluding carboxylic acids is 1. The minimum atomic E-state index is -0.415. The molecule has 0 saturated carbocycles. The van der Waals surface area contributed by atoms with Crippen molar-refractivity contribution in [2.45, 2.75) is 26.7 Å². The SMILES string of the molecule is CC1(C)CC(=O)c2c(nn(-c3ccccc3)c2-c2ccccc2[N+](=O)[O-])C1. The van der Waals surface area contributed by atoms with Crippen molar-refractivity contribution in [1.82, 2.24) is 9.78 Å². The maximum Gasteiger partial charge on any atom is 0.278 e. The standard InChI is InChI=1S/C21H19N3O3/c1-21(2)12-16-19(18(25)13-21)20(15-10-6-7-11-17(15)24(26)27)23(22-16)14-8-4-3-5-9-14/h3-11H,12-13H2,1-2H3. The highest BCUT2D eigenvalue weighted by Gasteiger charge is 2.38. The lowest BCUT2D eigenvalue weighted by molar-refractivity contribution is -0.384. The molecule has 6 heteroatoms. The lowest BCUT2D eigenvalue weighted by Crippen LogP contribution is -2.26. The number of nitrogens with zero attached hydrogens (tertiary/aromatic N) is 3. The Morgan fingerprint density at radius 3 is 2.41 bits per heavy atom. The number of benzene rings is 2. The van der Waals surface area contributed by atoms with Gasteiger partial charge < -0.3 is 0 Å². The molecule has 0 unspecified atom stereocenters. The number of ketones is 1. The second-order valence-electron chi connectivity index (χ2n) is 7.63. The second kappa shape index (κ2) is 6.16. The fourth-order valence-electron chi connectivity index (χ4n) is 3.76. The molecule has 0 amide bonds. The average molecular weight is 361 g/mol. The van der Waals surface area contributed by atoms with Crippen molar-refractivity contribution < 1.29 is 9.72 Å². The summed E-state index contributed by atoms with van der Waals surface area (Å²) >= 11 is 0. The number of carbonyl (C=O) groups is 1. The zero-order valence-corrected chi connectivity index (χ0v) is 15.2. The second-order valence-corrected chi connectivity index (χ2v) is 7.63. The molecule has 136 valence electrons. The van der Waals surface area contributed by atoms with E-state index >= 15 is 0 Å². The van der Waals surface area contributed by atoms with Gasteiger partial charge in [-0.3, -0.25) is 14.9 Å². The van der Waals surface area contributed by atoms with Crippen LogP contribution < -0.4 is 0 Å². The van der Waals surface area contributed by atoms with Crippen molar-refractivity contribution in [3.05, 3.63) is 76.0 Å². The Balaban J connectivity index is 2.05. The average Bonchev–Trinajstić information content (AvgIpc) is 3.00. The normalized spacial score (nSPS) is 15.4. The van der Waals surface area contributed by atoms with Crippen molar-refractivity contribution in [2.24, 2.45) is 5.41 Å². The van der Waals surface area contributed by atoms with Gasteiger partial charge in [0.05, 0.1) is 33.1 Å². The monoisotopic (exact) mass is 361 g/mol. The first-order valence-corrected chi connectivity index (χ1v) is 8.82. The lowest BCUT2D eigenvalue weighted by Gasteiger charge is -2.27. The maximum absolute atomic E-state index is 13.0. The number of nitro benzene ring substituents is 1. The van der Waals surface area contributed by atoms with Gasteiger partial charge in [-0.1, -0.05) is 44.2 Å². The van der Waals surface area contributed by atoms with Crippen molar-refractivity contribution in [1.29, 1.82) is 0 Å². The topological polar surface area (TPSA) is 78.0 Å². The first-order valence-electron chi connectivity index (χ1n) is 8.82. The van der Waals surface area contributed by atoms with E-state index in [0.717, 1.165) is 5.69 Å². The number of para-hydroxylation sites is 2. The third-order valence-electron chi connectivity index (χ3n) is 4.88. The molecule has 0 saturated heterocycles. The molecule has 1 aliphatic carbocycles. The molecule has 1 aromatic heterocycles. The molecule has 1 heterocycles. The number of hydrogen-bond donors (Lipinski definition) is 0. The van der Waals surface area contributed by atoms with Crippen molar-refractivity contribution in [3.8, 4) is 16.9 Å². The summed E-state index contributed by atoms with van der Waals surface area (Å²) in [7, 11) is 0. The molecular formula is C21H19N3O3. The third-order valence-corrected chi connectivity index (χ3v) is 4.88. The molecule has 0 atom stereocenters. The largest absolute Gasteiger partial charge is 0.294 e. The van der Waals surface area contributed by atoms with Gasteiger partial charge in [0.15, 0.2) is 5.78 Å². The number of hydrogen-bond acceptors (Lipinski definition) is 4. The van der Waals surface area contributed by atoms with Crippen LogP contribution in [-0.4, -0.2) is 20.5 Å². The van der Waals surface area contributed by atoms with Gasteiger partial charge in [0.25, 0.3) is 5.69 Å². The van der Waals surface area contributed by atoms with Crippen LogP contribution in [0.1, 0.15) is 36.3 Å². The van der Waals surface area contributed by atoms with Crippen LogP contribution in [0.2, 0.25) is 0 Å². The molecule has 27 heavy (non-hydrogen) atoms. The van der Waals surface area contributed by atoms with Crippen LogP contribution in [0.4, 0.5) is 5.69 Å². The molecule has 0 fully saturated rings. The molecular weight excluding hydrogens is 342 g/mol. The third kappa shape index (κ3) is 2.93. The summed E-state index contributed by atoms with van der Waals surface area (Å²) in [5.74, 6) is -0.0171. The molecule has 0 aliphatic heterocycles. The van der Waals surface area contributed by atoms with Crippen LogP contribution in [0.5, 0.6) is 0 Å². The van der Waals surface area contributed by atoms with Gasteiger partial charge in [0, 0.05) is 12.5 Å². The Morgan fingerprint density at radius 2 is 1.70 bits per heavy atom. The van der Waals surface area contributed by atoms with Gasteiger partial charge in [-0.25, -0.2) is 4.68 Å². The Labute approximate surface area is 156 Å². The van der Waals surface area contributed by atoms with Crippen LogP contribution in [0.15, 0.2) is 54.6 Å². The molecule has 3 aromatic rings. The Bertz CT molecular complexity index is 1050. The van der Waals surface area contributed by atoms with Gasteiger partial charge in [0.2, 0.25) is 0 Å². The molecule has 6 nitrogen and oxygen atoms in total. The summed E-state index contributed by atoms with van der Waals surface area (Å²) in [6.07, 6.45) is 1.05. The van der Waals surface area contributed by atoms with Gasteiger partial charge in [-0.2, -0.15) is 5.10 Å². The Hall–Kier alpha value is -3.28. The highest BCUT2D eigenvalue weighted by atomic mass is 16.6. The zero-order chi connectivity index (χ0) is 19.2. The fraction of sp³-hybridized carbons (Fsp3) is 0.238. The van der Waals surface area contributed by atoms with Gasteiger partial charge >= 0.3 is 0 Å². The van der Waals surface area contributed by atoms with Crippen LogP contribution in [-0.2, 0) is 6.42 Å². The Morgan fingerprint density at radius 1 is 1.04 bits per heavy atom. The predicted octanol–water partition coefficient (Wildman–Crippen LogP) is 4.60. The minimum absolute atomic E-state index is 0.0171. The number of rotatable bonds is 3. The van der Waals surface area contributed by atoms with Crippen molar-refractivity contribution >= 4 is 11.5 Å². The summed E-state index contributed by atoms with van der Waals surface area (Å²) in [6.45, 7) is 4.08. The Kier molecular flexibility index (Phi) is 3.91. The summed E-state index contributed by atoms with van der Waals surface area (Å²) in [5, 5.41) is 16.3. The molecule has 0 bridgehead atoms. The summed E-state index contributed by atoms with van der Waals surface area (Å²) < 4.78 is 1.67. The van der Waals surface area contributed by atoms with E-state index in [0.29, 0.717) is 35.4 Å². The minimum Gasteiger partial charge on any atom is -0.294 e. The molecule has 1 aliphatic rings. The molecule has 2 aromatic carbocycles. The highest BCUT2D eigenvalue weighted by Crippen LogP contribution is 2.42. The number of aromatic nitrogens is 2. The number of fused-ring (bicyclic) bond motifs is 1. The van der Waals surface area contributed by atoms with E-state index in [4.69, 9.17) is 5.10 Å². The van der Waals surface area contributed by atoms with E-state index in [1.807, 2.05) is 44.2 Å². The summed E-state index contributed by atoms with van der Waals surface area (Å²) in [5.41, 5.74) is 2.68. The quantitative estimate of drug-likeness (QED) is 0.504. The van der Waals surface area contributed by atoms with Gasteiger partial charge in [-0.05, 0) is 30.0 Å². The molecule has 0 N–H and O–H groups in total. The van der Waals surface area contributed by atoms with Gasteiger partial charge in [-0.15, -0.1) is 0 Å². The van der Waals surface area contributed by atoms with E-state index in [1.165, 1.54) is 6.07 Å². The van der Waals surface area contributed by atoms with Gasteiger partial charge in [0.1, 0.15) is 0 Å². The molecule has 0 radical (unpaired) electrons. The number of Topliss-reactive ketones (excluding diaryl/α,β-unsaturated/α-hetero) is 1. The summed E-state index contributed by atoms with van der Waals surface area (Å²) in [6, 6.07) is 15.9. The molecule has 0 spiro atoms. The van der Waals surface area contributed by atoms with E-state index in [1.54, 1.807) is 22.9 Å². The first kappa shape index (κ1) is 17.1. The smallest absolute Gasteiger partial charge is 0.278 e. The predicted molar refractivity (Wildman–Crippen MR) is 102 cm³/mol. The van der Waals surface area contributed by atoms with Crippen LogP contribution in [0, 0.1) is 15.5 Å². The first-order chi connectivity index (χ1) is 12.9. The lowest BCUT2D eigenvalue weighted by atomic mass is 9.75. The summed E-state index contributed by atoms with van der Waals surface area (Å²) in [4.78, 5) is 24.2.